The zero-order valence-corrected chi connectivity index (χ0v) is 11.2. The van der Waals surface area contributed by atoms with Gasteiger partial charge in [-0.3, -0.25) is 4.68 Å². The molecule has 0 saturated carbocycles. The summed E-state index contributed by atoms with van der Waals surface area (Å²) in [4.78, 5) is 11.8. The molecule has 0 bridgehead atoms. The van der Waals surface area contributed by atoms with E-state index in [-0.39, 0.29) is 6.03 Å². The van der Waals surface area contributed by atoms with Gasteiger partial charge in [0.25, 0.3) is 0 Å². The van der Waals surface area contributed by atoms with Crippen LogP contribution in [-0.4, -0.2) is 15.8 Å². The van der Waals surface area contributed by atoms with Crippen molar-refractivity contribution in [1.29, 1.82) is 0 Å². The lowest BCUT2D eigenvalue weighted by molar-refractivity contribution is 0.251. The summed E-state index contributed by atoms with van der Waals surface area (Å²) in [5.74, 6) is 0. The molecule has 19 heavy (non-hydrogen) atoms. The van der Waals surface area contributed by atoms with Crippen molar-refractivity contribution in [2.24, 2.45) is 0 Å². The quantitative estimate of drug-likeness (QED) is 0.885. The Morgan fingerprint density at radius 1 is 1.32 bits per heavy atom. The standard InChI is InChI=1S/C14H18N4O/c1-3-18-12(8-9-16-18)10-15-14(19)17-13-7-5-4-6-11(13)2/h4-9H,3,10H2,1-2H3,(H2,15,17,19). The van der Waals surface area contributed by atoms with Crippen LogP contribution in [0.1, 0.15) is 18.2 Å². The van der Waals surface area contributed by atoms with Gasteiger partial charge in [0.05, 0.1) is 12.2 Å². The molecule has 0 aliphatic carbocycles. The summed E-state index contributed by atoms with van der Waals surface area (Å²) >= 11 is 0. The molecule has 1 aromatic heterocycles. The Labute approximate surface area is 112 Å². The van der Waals surface area contributed by atoms with E-state index in [4.69, 9.17) is 0 Å². The lowest BCUT2D eigenvalue weighted by atomic mass is 10.2. The van der Waals surface area contributed by atoms with Crippen molar-refractivity contribution in [3.05, 3.63) is 47.8 Å². The zero-order chi connectivity index (χ0) is 13.7. The number of nitrogens with one attached hydrogen (secondary N) is 2. The molecular weight excluding hydrogens is 240 g/mol. The first-order chi connectivity index (χ1) is 9.20. The van der Waals surface area contributed by atoms with E-state index in [9.17, 15) is 4.79 Å². The van der Waals surface area contributed by atoms with Gasteiger partial charge >= 0.3 is 6.03 Å². The summed E-state index contributed by atoms with van der Waals surface area (Å²) in [6.07, 6.45) is 1.74. The van der Waals surface area contributed by atoms with Gasteiger partial charge in [-0.05, 0) is 31.5 Å². The number of hydrogen-bond acceptors (Lipinski definition) is 2. The normalized spacial score (nSPS) is 10.2. The number of amides is 2. The monoisotopic (exact) mass is 258 g/mol. The van der Waals surface area contributed by atoms with Crippen LogP contribution in [0.5, 0.6) is 0 Å². The maximum Gasteiger partial charge on any atom is 0.319 e. The molecule has 5 nitrogen and oxygen atoms in total. The SMILES string of the molecule is CCn1nccc1CNC(=O)Nc1ccccc1C. The highest BCUT2D eigenvalue weighted by Gasteiger charge is 2.05. The fourth-order valence-electron chi connectivity index (χ4n) is 1.85. The highest BCUT2D eigenvalue weighted by molar-refractivity contribution is 5.89. The van der Waals surface area contributed by atoms with Crippen molar-refractivity contribution in [1.82, 2.24) is 15.1 Å². The van der Waals surface area contributed by atoms with Crippen molar-refractivity contribution in [2.45, 2.75) is 26.9 Å². The molecule has 0 aliphatic heterocycles. The van der Waals surface area contributed by atoms with Crippen LogP contribution in [0.2, 0.25) is 0 Å². The molecular formula is C14H18N4O. The minimum Gasteiger partial charge on any atom is -0.332 e. The number of urea groups is 1. The predicted octanol–water partition coefficient (Wildman–Crippen LogP) is 2.53. The van der Waals surface area contributed by atoms with E-state index in [2.05, 4.69) is 15.7 Å². The van der Waals surface area contributed by atoms with Gasteiger partial charge in [-0.1, -0.05) is 18.2 Å². The molecule has 5 heteroatoms. The molecule has 2 amide bonds. The van der Waals surface area contributed by atoms with E-state index < -0.39 is 0 Å². The highest BCUT2D eigenvalue weighted by Crippen LogP contribution is 2.12. The van der Waals surface area contributed by atoms with Gasteiger partial charge in [0.15, 0.2) is 0 Å². The number of rotatable bonds is 4. The Balaban J connectivity index is 1.90. The number of carbonyl (C=O) groups is 1. The van der Waals surface area contributed by atoms with Gasteiger partial charge in [-0.15, -0.1) is 0 Å². The van der Waals surface area contributed by atoms with Crippen molar-refractivity contribution >= 4 is 11.7 Å². The Kier molecular flexibility index (Phi) is 4.18. The maximum atomic E-state index is 11.8. The second kappa shape index (κ2) is 6.04. The van der Waals surface area contributed by atoms with Crippen molar-refractivity contribution in [3.8, 4) is 0 Å². The minimum absolute atomic E-state index is 0.210. The van der Waals surface area contributed by atoms with Crippen LogP contribution in [0.15, 0.2) is 36.5 Å². The van der Waals surface area contributed by atoms with E-state index in [0.717, 1.165) is 23.5 Å². The molecule has 0 atom stereocenters. The molecule has 0 radical (unpaired) electrons. The number of benzene rings is 1. The zero-order valence-electron chi connectivity index (χ0n) is 11.2. The van der Waals surface area contributed by atoms with Crippen molar-refractivity contribution < 1.29 is 4.79 Å². The number of para-hydroxylation sites is 1. The van der Waals surface area contributed by atoms with E-state index in [1.165, 1.54) is 0 Å². The smallest absolute Gasteiger partial charge is 0.319 e. The first kappa shape index (κ1) is 13.1. The summed E-state index contributed by atoms with van der Waals surface area (Å²) in [7, 11) is 0. The van der Waals surface area contributed by atoms with Gasteiger partial charge in [0.2, 0.25) is 0 Å². The number of carbonyl (C=O) groups excluding carboxylic acids is 1. The van der Waals surface area contributed by atoms with E-state index in [1.807, 2.05) is 48.9 Å². The highest BCUT2D eigenvalue weighted by atomic mass is 16.2. The van der Waals surface area contributed by atoms with Crippen LogP contribution in [-0.2, 0) is 13.1 Å². The maximum absolute atomic E-state index is 11.8. The molecule has 0 aliphatic rings. The third-order valence-electron chi connectivity index (χ3n) is 2.93. The topological polar surface area (TPSA) is 59.0 Å². The summed E-state index contributed by atoms with van der Waals surface area (Å²) in [5.41, 5.74) is 2.85. The number of aryl methyl sites for hydroxylation is 2. The molecule has 0 fully saturated rings. The fourth-order valence-corrected chi connectivity index (χ4v) is 1.85. The number of anilines is 1. The third kappa shape index (κ3) is 3.34. The Morgan fingerprint density at radius 2 is 2.11 bits per heavy atom. The molecule has 0 spiro atoms. The molecule has 0 saturated heterocycles. The third-order valence-corrected chi connectivity index (χ3v) is 2.93. The summed E-state index contributed by atoms with van der Waals surface area (Å²) in [5, 5.41) is 9.81. The summed E-state index contributed by atoms with van der Waals surface area (Å²) < 4.78 is 1.86. The Hall–Kier alpha value is -2.30. The minimum atomic E-state index is -0.210. The van der Waals surface area contributed by atoms with Gasteiger partial charge < -0.3 is 10.6 Å². The second-order valence-electron chi connectivity index (χ2n) is 4.26. The van der Waals surface area contributed by atoms with Crippen LogP contribution in [0.3, 0.4) is 0 Å². The summed E-state index contributed by atoms with van der Waals surface area (Å²) in [6, 6.07) is 9.37. The van der Waals surface area contributed by atoms with Crippen LogP contribution >= 0.6 is 0 Å². The van der Waals surface area contributed by atoms with E-state index >= 15 is 0 Å². The average Bonchev–Trinajstić information content (AvgIpc) is 2.86. The number of hydrogen-bond donors (Lipinski definition) is 2. The molecule has 0 unspecified atom stereocenters. The van der Waals surface area contributed by atoms with Crippen molar-refractivity contribution in [3.63, 3.8) is 0 Å². The molecule has 2 N–H and O–H groups in total. The molecule has 1 aromatic carbocycles. The predicted molar refractivity (Wildman–Crippen MR) is 74.9 cm³/mol. The van der Waals surface area contributed by atoms with Gasteiger partial charge in [0, 0.05) is 18.4 Å². The summed E-state index contributed by atoms with van der Waals surface area (Å²) in [6.45, 7) is 5.24. The largest absolute Gasteiger partial charge is 0.332 e. The fraction of sp³-hybridized carbons (Fsp3) is 0.286. The van der Waals surface area contributed by atoms with Crippen LogP contribution in [0.25, 0.3) is 0 Å². The second-order valence-corrected chi connectivity index (χ2v) is 4.26. The van der Waals surface area contributed by atoms with Crippen LogP contribution in [0.4, 0.5) is 10.5 Å². The van der Waals surface area contributed by atoms with E-state index in [1.54, 1.807) is 6.20 Å². The lowest BCUT2D eigenvalue weighted by Crippen LogP contribution is -2.29. The molecule has 2 aromatic rings. The molecule has 1 heterocycles. The average molecular weight is 258 g/mol. The Morgan fingerprint density at radius 3 is 2.84 bits per heavy atom. The first-order valence-corrected chi connectivity index (χ1v) is 6.32. The van der Waals surface area contributed by atoms with Crippen molar-refractivity contribution in [2.75, 3.05) is 5.32 Å². The molecule has 2 rings (SSSR count). The number of nitrogens with zero attached hydrogens (tertiary/aromatic N) is 2. The van der Waals surface area contributed by atoms with E-state index in [0.29, 0.717) is 6.54 Å². The molecule has 100 valence electrons. The van der Waals surface area contributed by atoms with Gasteiger partial charge in [-0.2, -0.15) is 5.10 Å². The van der Waals surface area contributed by atoms with Crippen LogP contribution < -0.4 is 10.6 Å². The van der Waals surface area contributed by atoms with Crippen LogP contribution in [0, 0.1) is 6.92 Å². The van der Waals surface area contributed by atoms with Gasteiger partial charge in [-0.25, -0.2) is 4.79 Å². The lowest BCUT2D eigenvalue weighted by Gasteiger charge is -2.10. The van der Waals surface area contributed by atoms with Gasteiger partial charge in [0.1, 0.15) is 0 Å². The Bertz CT molecular complexity index is 562. The number of aromatic nitrogens is 2. The first-order valence-electron chi connectivity index (χ1n) is 6.32.